The van der Waals surface area contributed by atoms with Crippen molar-refractivity contribution in [2.75, 3.05) is 23.4 Å². The molecule has 1 heterocycles. The highest BCUT2D eigenvalue weighted by Gasteiger charge is 2.31. The number of rotatable bonds is 1. The summed E-state index contributed by atoms with van der Waals surface area (Å²) in [5.41, 5.74) is 1.69. The van der Waals surface area contributed by atoms with Crippen molar-refractivity contribution in [2.24, 2.45) is 0 Å². The summed E-state index contributed by atoms with van der Waals surface area (Å²) < 4.78 is 0. The second-order valence-electron chi connectivity index (χ2n) is 4.96. The fourth-order valence-electron chi connectivity index (χ4n) is 2.43. The van der Waals surface area contributed by atoms with Crippen LogP contribution in [0.4, 0.5) is 11.4 Å². The number of halogens is 2. The minimum Gasteiger partial charge on any atom is -0.312 e. The molecule has 0 unspecified atom stereocenters. The number of likely N-dealkylation sites (N-methyl/N-ethyl adjacent to an activating group) is 1. The van der Waals surface area contributed by atoms with Crippen LogP contribution in [-0.4, -0.2) is 25.4 Å². The number of carbonyl (C=O) groups is 2. The monoisotopic (exact) mass is 334 g/mol. The largest absolute Gasteiger partial charge is 0.312 e. The van der Waals surface area contributed by atoms with Crippen LogP contribution in [0.1, 0.15) is 10.4 Å². The summed E-state index contributed by atoms with van der Waals surface area (Å²) in [6, 6.07) is 11.9. The molecule has 1 aliphatic rings. The summed E-state index contributed by atoms with van der Waals surface area (Å²) in [7, 11) is 1.69. The average molecular weight is 335 g/mol. The van der Waals surface area contributed by atoms with Gasteiger partial charge in [0.1, 0.15) is 6.54 Å². The first-order chi connectivity index (χ1) is 10.5. The van der Waals surface area contributed by atoms with Crippen LogP contribution in [0.25, 0.3) is 0 Å². The number of fused-ring (bicyclic) bond motifs is 1. The number of amides is 2. The fourth-order valence-corrected chi connectivity index (χ4v) is 2.92. The van der Waals surface area contributed by atoms with Crippen LogP contribution in [0.5, 0.6) is 0 Å². The van der Waals surface area contributed by atoms with E-state index in [0.717, 1.165) is 0 Å². The van der Waals surface area contributed by atoms with Gasteiger partial charge in [-0.1, -0.05) is 35.3 Å². The molecule has 0 saturated carbocycles. The topological polar surface area (TPSA) is 40.6 Å². The molecule has 6 heteroatoms. The molecular weight excluding hydrogens is 323 g/mol. The Morgan fingerprint density at radius 1 is 1.09 bits per heavy atom. The Bertz CT molecular complexity index is 776. The molecule has 0 fully saturated rings. The van der Waals surface area contributed by atoms with Gasteiger partial charge in [-0.3, -0.25) is 14.5 Å². The van der Waals surface area contributed by atoms with Gasteiger partial charge in [0.15, 0.2) is 0 Å². The van der Waals surface area contributed by atoms with Crippen LogP contribution in [0.2, 0.25) is 10.0 Å². The normalized spacial score (nSPS) is 14.0. The van der Waals surface area contributed by atoms with Gasteiger partial charge in [-0.05, 0) is 30.3 Å². The summed E-state index contributed by atoms with van der Waals surface area (Å²) in [5, 5.41) is 0.720. The molecule has 22 heavy (non-hydrogen) atoms. The molecule has 0 aliphatic carbocycles. The summed E-state index contributed by atoms with van der Waals surface area (Å²) in [5.74, 6) is -0.479. The molecule has 112 valence electrons. The highest BCUT2D eigenvalue weighted by molar-refractivity contribution is 6.37. The number of carbonyl (C=O) groups excluding carboxylic acids is 2. The molecular formula is C16H12Cl2N2O2. The first-order valence-electron chi connectivity index (χ1n) is 6.61. The number of hydrogen-bond acceptors (Lipinski definition) is 2. The number of benzene rings is 2. The standard InChI is InChI=1S/C16H12Cl2N2O2/c1-19-13-4-2-3-5-14(13)20(9-15(19)21)16(22)11-7-6-10(17)8-12(11)18/h2-8H,9H2,1H3. The van der Waals surface area contributed by atoms with Crippen molar-refractivity contribution in [1.29, 1.82) is 0 Å². The van der Waals surface area contributed by atoms with Crippen LogP contribution in [0, 0.1) is 0 Å². The first kappa shape index (κ1) is 14.9. The minimum absolute atomic E-state index is 0.0225. The number of hydrogen-bond donors (Lipinski definition) is 0. The average Bonchev–Trinajstić information content (AvgIpc) is 2.50. The van der Waals surface area contributed by atoms with Crippen LogP contribution in [0.15, 0.2) is 42.5 Å². The van der Waals surface area contributed by atoms with Crippen LogP contribution in [0.3, 0.4) is 0 Å². The smallest absolute Gasteiger partial charge is 0.260 e. The Hall–Kier alpha value is -2.04. The van der Waals surface area contributed by atoms with Gasteiger partial charge in [0.25, 0.3) is 5.91 Å². The summed E-state index contributed by atoms with van der Waals surface area (Å²) in [4.78, 5) is 27.9. The zero-order valence-electron chi connectivity index (χ0n) is 11.7. The van der Waals surface area contributed by atoms with E-state index >= 15 is 0 Å². The van der Waals surface area contributed by atoms with E-state index < -0.39 is 0 Å². The Morgan fingerprint density at radius 2 is 1.77 bits per heavy atom. The van der Waals surface area contributed by atoms with Crippen molar-refractivity contribution in [2.45, 2.75) is 0 Å². The maximum Gasteiger partial charge on any atom is 0.260 e. The SMILES string of the molecule is CN1C(=O)CN(C(=O)c2ccc(Cl)cc2Cl)c2ccccc21. The van der Waals surface area contributed by atoms with Gasteiger partial charge in [0.05, 0.1) is 22.0 Å². The Kier molecular flexibility index (Phi) is 3.81. The van der Waals surface area contributed by atoms with Gasteiger partial charge >= 0.3 is 0 Å². The van der Waals surface area contributed by atoms with Crippen molar-refractivity contribution in [1.82, 2.24) is 0 Å². The van der Waals surface area contributed by atoms with Crippen molar-refractivity contribution < 1.29 is 9.59 Å². The Labute approximate surface area is 137 Å². The van der Waals surface area contributed by atoms with Gasteiger partial charge in [-0.15, -0.1) is 0 Å². The molecule has 0 bridgehead atoms. The third-order valence-electron chi connectivity index (χ3n) is 3.61. The van der Waals surface area contributed by atoms with Gasteiger partial charge in [-0.25, -0.2) is 0 Å². The van der Waals surface area contributed by atoms with Crippen molar-refractivity contribution >= 4 is 46.4 Å². The number of anilines is 2. The zero-order chi connectivity index (χ0) is 15.9. The van der Waals surface area contributed by atoms with E-state index in [0.29, 0.717) is 22.0 Å². The molecule has 2 amide bonds. The van der Waals surface area contributed by atoms with Crippen LogP contribution >= 0.6 is 23.2 Å². The summed E-state index contributed by atoms with van der Waals surface area (Å²) in [6.07, 6.45) is 0. The second-order valence-corrected chi connectivity index (χ2v) is 5.80. The van der Waals surface area contributed by atoms with Crippen molar-refractivity contribution in [3.8, 4) is 0 Å². The highest BCUT2D eigenvalue weighted by atomic mass is 35.5. The molecule has 2 aromatic rings. The second kappa shape index (κ2) is 5.63. The molecule has 2 aromatic carbocycles. The lowest BCUT2D eigenvalue weighted by Gasteiger charge is -2.34. The number of para-hydroxylation sites is 2. The maximum atomic E-state index is 12.8. The summed E-state index contributed by atoms with van der Waals surface area (Å²) >= 11 is 12.0. The van der Waals surface area contributed by atoms with E-state index in [9.17, 15) is 9.59 Å². The van der Waals surface area contributed by atoms with E-state index in [4.69, 9.17) is 23.2 Å². The van der Waals surface area contributed by atoms with Crippen LogP contribution in [-0.2, 0) is 4.79 Å². The van der Waals surface area contributed by atoms with E-state index in [1.165, 1.54) is 11.0 Å². The molecule has 1 aliphatic heterocycles. The first-order valence-corrected chi connectivity index (χ1v) is 7.37. The maximum absolute atomic E-state index is 12.8. The molecule has 0 spiro atoms. The van der Waals surface area contributed by atoms with Gasteiger partial charge < -0.3 is 4.90 Å². The molecule has 0 N–H and O–H groups in total. The Morgan fingerprint density at radius 3 is 2.45 bits per heavy atom. The third-order valence-corrected chi connectivity index (χ3v) is 4.16. The predicted molar refractivity (Wildman–Crippen MR) is 88.0 cm³/mol. The van der Waals surface area contributed by atoms with E-state index in [1.54, 1.807) is 36.2 Å². The molecule has 0 atom stereocenters. The molecule has 0 saturated heterocycles. The van der Waals surface area contributed by atoms with Crippen molar-refractivity contribution in [3.05, 3.63) is 58.1 Å². The van der Waals surface area contributed by atoms with Crippen LogP contribution < -0.4 is 9.80 Å². The highest BCUT2D eigenvalue weighted by Crippen LogP contribution is 2.34. The number of nitrogens with zero attached hydrogens (tertiary/aromatic N) is 2. The lowest BCUT2D eigenvalue weighted by atomic mass is 10.1. The molecule has 0 aromatic heterocycles. The molecule has 0 radical (unpaired) electrons. The van der Waals surface area contributed by atoms with Crippen molar-refractivity contribution in [3.63, 3.8) is 0 Å². The van der Waals surface area contributed by atoms with Gasteiger partial charge in [0.2, 0.25) is 5.91 Å². The lowest BCUT2D eigenvalue weighted by molar-refractivity contribution is -0.117. The quantitative estimate of drug-likeness (QED) is 0.799. The van der Waals surface area contributed by atoms with E-state index in [-0.39, 0.29) is 23.4 Å². The third kappa shape index (κ3) is 2.45. The predicted octanol–water partition coefficient (Wildman–Crippen LogP) is 3.62. The fraction of sp³-hybridized carbons (Fsp3) is 0.125. The zero-order valence-corrected chi connectivity index (χ0v) is 13.2. The Balaban J connectivity index is 2.06. The van der Waals surface area contributed by atoms with E-state index in [2.05, 4.69) is 0 Å². The lowest BCUT2D eigenvalue weighted by Crippen LogP contribution is -2.46. The van der Waals surface area contributed by atoms with Gasteiger partial charge in [0, 0.05) is 12.1 Å². The summed E-state index contributed by atoms with van der Waals surface area (Å²) in [6.45, 7) is -0.0225. The molecule has 4 nitrogen and oxygen atoms in total. The van der Waals surface area contributed by atoms with E-state index in [1.807, 2.05) is 12.1 Å². The van der Waals surface area contributed by atoms with Gasteiger partial charge in [-0.2, -0.15) is 0 Å². The molecule has 3 rings (SSSR count). The minimum atomic E-state index is -0.324.